The molecule has 3 heteroatoms. The van der Waals surface area contributed by atoms with Gasteiger partial charge < -0.3 is 15.4 Å². The summed E-state index contributed by atoms with van der Waals surface area (Å²) in [5.74, 6) is 0.889. The molecule has 1 aromatic carbocycles. The van der Waals surface area contributed by atoms with Crippen LogP contribution in [0.25, 0.3) is 0 Å². The van der Waals surface area contributed by atoms with Gasteiger partial charge in [0.2, 0.25) is 0 Å². The van der Waals surface area contributed by atoms with Crippen LogP contribution in [0.4, 0.5) is 0 Å². The number of nitrogens with two attached hydrogens (primary N) is 1. The Kier molecular flexibility index (Phi) is 4.59. The highest BCUT2D eigenvalue weighted by Crippen LogP contribution is 2.12. The molecule has 0 heterocycles. The van der Waals surface area contributed by atoms with E-state index in [-0.39, 0.29) is 6.04 Å². The van der Waals surface area contributed by atoms with Crippen LogP contribution in [0.1, 0.15) is 5.56 Å². The van der Waals surface area contributed by atoms with E-state index in [0.717, 1.165) is 18.7 Å². The van der Waals surface area contributed by atoms with Gasteiger partial charge in [-0.2, -0.15) is 0 Å². The number of ether oxygens (including phenoxy) is 1. The van der Waals surface area contributed by atoms with Crippen LogP contribution in [-0.4, -0.2) is 38.7 Å². The number of rotatable bonds is 5. The summed E-state index contributed by atoms with van der Waals surface area (Å²) in [5, 5.41) is 0. The molecule has 1 rings (SSSR count). The van der Waals surface area contributed by atoms with Gasteiger partial charge >= 0.3 is 0 Å². The molecule has 84 valence electrons. The van der Waals surface area contributed by atoms with Gasteiger partial charge in [0, 0.05) is 12.6 Å². The van der Waals surface area contributed by atoms with E-state index in [1.54, 1.807) is 7.11 Å². The SMILES string of the molecule is COc1ccc(CC(N)CN(C)C)cc1. The normalized spacial score (nSPS) is 12.9. The fourth-order valence-corrected chi connectivity index (χ4v) is 1.60. The third-order valence-electron chi connectivity index (χ3n) is 2.26. The van der Waals surface area contributed by atoms with E-state index >= 15 is 0 Å². The van der Waals surface area contributed by atoms with Gasteiger partial charge in [-0.3, -0.25) is 0 Å². The number of hydrogen-bond acceptors (Lipinski definition) is 3. The second-order valence-corrected chi connectivity index (χ2v) is 4.07. The lowest BCUT2D eigenvalue weighted by Crippen LogP contribution is -2.34. The van der Waals surface area contributed by atoms with Gasteiger partial charge in [0.05, 0.1) is 7.11 Å². The van der Waals surface area contributed by atoms with Gasteiger partial charge in [-0.25, -0.2) is 0 Å². The zero-order valence-corrected chi connectivity index (χ0v) is 9.73. The highest BCUT2D eigenvalue weighted by molar-refractivity contribution is 5.27. The molecule has 0 aromatic heterocycles. The molecule has 0 bridgehead atoms. The van der Waals surface area contributed by atoms with E-state index in [1.807, 2.05) is 26.2 Å². The van der Waals surface area contributed by atoms with Crippen molar-refractivity contribution in [3.63, 3.8) is 0 Å². The average molecular weight is 208 g/mol. The van der Waals surface area contributed by atoms with Crippen molar-refractivity contribution in [3.8, 4) is 5.75 Å². The van der Waals surface area contributed by atoms with Gasteiger partial charge in [0.1, 0.15) is 5.75 Å². The van der Waals surface area contributed by atoms with Crippen LogP contribution in [0, 0.1) is 0 Å². The topological polar surface area (TPSA) is 38.5 Å². The maximum Gasteiger partial charge on any atom is 0.118 e. The van der Waals surface area contributed by atoms with Crippen LogP contribution >= 0.6 is 0 Å². The van der Waals surface area contributed by atoms with Crippen molar-refractivity contribution < 1.29 is 4.74 Å². The van der Waals surface area contributed by atoms with Crippen molar-refractivity contribution in [1.29, 1.82) is 0 Å². The van der Waals surface area contributed by atoms with Gasteiger partial charge in [-0.05, 0) is 38.2 Å². The van der Waals surface area contributed by atoms with E-state index in [4.69, 9.17) is 10.5 Å². The quantitative estimate of drug-likeness (QED) is 0.788. The predicted molar refractivity (Wildman–Crippen MR) is 63.2 cm³/mol. The van der Waals surface area contributed by atoms with Crippen molar-refractivity contribution in [2.75, 3.05) is 27.7 Å². The molecule has 1 atom stereocenters. The number of likely N-dealkylation sites (N-methyl/N-ethyl adjacent to an activating group) is 1. The maximum absolute atomic E-state index is 6.00. The van der Waals surface area contributed by atoms with Crippen LogP contribution in [0.5, 0.6) is 5.75 Å². The molecule has 0 saturated heterocycles. The minimum absolute atomic E-state index is 0.188. The maximum atomic E-state index is 6.00. The minimum atomic E-state index is 0.188. The largest absolute Gasteiger partial charge is 0.497 e. The zero-order valence-electron chi connectivity index (χ0n) is 9.73. The van der Waals surface area contributed by atoms with Crippen molar-refractivity contribution in [1.82, 2.24) is 4.90 Å². The Morgan fingerprint density at radius 3 is 2.33 bits per heavy atom. The Hall–Kier alpha value is -1.06. The summed E-state index contributed by atoms with van der Waals surface area (Å²) < 4.78 is 5.10. The molecular formula is C12H20N2O. The molecule has 15 heavy (non-hydrogen) atoms. The molecular weight excluding hydrogens is 188 g/mol. The Bertz CT molecular complexity index is 282. The van der Waals surface area contributed by atoms with Gasteiger partial charge in [-0.1, -0.05) is 12.1 Å². The summed E-state index contributed by atoms with van der Waals surface area (Å²) in [5.41, 5.74) is 7.26. The summed E-state index contributed by atoms with van der Waals surface area (Å²) >= 11 is 0. The molecule has 2 N–H and O–H groups in total. The van der Waals surface area contributed by atoms with Crippen molar-refractivity contribution in [2.45, 2.75) is 12.5 Å². The van der Waals surface area contributed by atoms with E-state index in [1.165, 1.54) is 5.56 Å². The summed E-state index contributed by atoms with van der Waals surface area (Å²) in [6.45, 7) is 0.909. The minimum Gasteiger partial charge on any atom is -0.497 e. The monoisotopic (exact) mass is 208 g/mol. The first-order chi connectivity index (χ1) is 7.11. The van der Waals surface area contributed by atoms with Crippen molar-refractivity contribution >= 4 is 0 Å². The molecule has 0 spiro atoms. The van der Waals surface area contributed by atoms with Crippen LogP contribution in [-0.2, 0) is 6.42 Å². The smallest absolute Gasteiger partial charge is 0.118 e. The molecule has 0 amide bonds. The molecule has 1 aromatic rings. The standard InChI is InChI=1S/C12H20N2O/c1-14(2)9-11(13)8-10-4-6-12(15-3)7-5-10/h4-7,11H,8-9,13H2,1-3H3. The number of nitrogens with zero attached hydrogens (tertiary/aromatic N) is 1. The molecule has 0 aliphatic carbocycles. The Morgan fingerprint density at radius 1 is 1.27 bits per heavy atom. The lowest BCUT2D eigenvalue weighted by atomic mass is 10.1. The first-order valence-corrected chi connectivity index (χ1v) is 5.15. The summed E-state index contributed by atoms with van der Waals surface area (Å²) in [4.78, 5) is 2.11. The highest BCUT2D eigenvalue weighted by atomic mass is 16.5. The van der Waals surface area contributed by atoms with Crippen molar-refractivity contribution in [2.24, 2.45) is 5.73 Å². The summed E-state index contributed by atoms with van der Waals surface area (Å²) in [6, 6.07) is 8.26. The van der Waals surface area contributed by atoms with Gasteiger partial charge in [0.25, 0.3) is 0 Å². The lowest BCUT2D eigenvalue weighted by molar-refractivity contribution is 0.371. The second-order valence-electron chi connectivity index (χ2n) is 4.07. The Morgan fingerprint density at radius 2 is 1.87 bits per heavy atom. The molecule has 3 nitrogen and oxygen atoms in total. The summed E-state index contributed by atoms with van der Waals surface area (Å²) in [6.07, 6.45) is 0.905. The Balaban J connectivity index is 2.49. The number of benzene rings is 1. The molecule has 0 aliphatic rings. The van der Waals surface area contributed by atoms with E-state index in [9.17, 15) is 0 Å². The molecule has 0 saturated carbocycles. The van der Waals surface area contributed by atoms with Gasteiger partial charge in [-0.15, -0.1) is 0 Å². The summed E-state index contributed by atoms with van der Waals surface area (Å²) in [7, 11) is 5.74. The van der Waals surface area contributed by atoms with Gasteiger partial charge in [0.15, 0.2) is 0 Å². The van der Waals surface area contributed by atoms with E-state index in [2.05, 4.69) is 17.0 Å². The zero-order chi connectivity index (χ0) is 11.3. The van der Waals surface area contributed by atoms with Crippen LogP contribution < -0.4 is 10.5 Å². The number of methoxy groups -OCH3 is 1. The first kappa shape index (κ1) is 12.0. The molecule has 1 unspecified atom stereocenters. The van der Waals surface area contributed by atoms with Crippen LogP contribution in [0.3, 0.4) is 0 Å². The fraction of sp³-hybridized carbons (Fsp3) is 0.500. The van der Waals surface area contributed by atoms with Crippen LogP contribution in [0.15, 0.2) is 24.3 Å². The number of hydrogen-bond donors (Lipinski definition) is 1. The average Bonchev–Trinajstić information content (AvgIpc) is 2.17. The third kappa shape index (κ3) is 4.32. The first-order valence-electron chi connectivity index (χ1n) is 5.15. The van der Waals surface area contributed by atoms with Crippen LogP contribution in [0.2, 0.25) is 0 Å². The van der Waals surface area contributed by atoms with E-state index in [0.29, 0.717) is 0 Å². The molecule has 0 aliphatic heterocycles. The molecule has 0 fully saturated rings. The molecule has 0 radical (unpaired) electrons. The lowest BCUT2D eigenvalue weighted by Gasteiger charge is -2.16. The second kappa shape index (κ2) is 5.73. The Labute approximate surface area is 91.8 Å². The third-order valence-corrected chi connectivity index (χ3v) is 2.26. The highest BCUT2D eigenvalue weighted by Gasteiger charge is 2.05. The van der Waals surface area contributed by atoms with E-state index < -0.39 is 0 Å². The predicted octanol–water partition coefficient (Wildman–Crippen LogP) is 1.13. The fourth-order valence-electron chi connectivity index (χ4n) is 1.60. The van der Waals surface area contributed by atoms with Crippen molar-refractivity contribution in [3.05, 3.63) is 29.8 Å².